The van der Waals surface area contributed by atoms with Crippen molar-refractivity contribution in [3.05, 3.63) is 83.3 Å². The van der Waals surface area contributed by atoms with Gasteiger partial charge in [-0.15, -0.1) is 0 Å². The second kappa shape index (κ2) is 9.62. The fourth-order valence-corrected chi connectivity index (χ4v) is 4.24. The molecule has 1 saturated heterocycles. The largest absolute Gasteiger partial charge is 0.466 e. The number of hydrogen-bond acceptors (Lipinski definition) is 5. The molecule has 3 aromatic rings. The van der Waals surface area contributed by atoms with Crippen LogP contribution in [0.5, 0.6) is 0 Å². The number of rotatable bonds is 7. The number of para-hydroxylation sites is 1. The van der Waals surface area contributed by atoms with Crippen LogP contribution in [0.1, 0.15) is 48.0 Å². The number of furan rings is 1. The summed E-state index contributed by atoms with van der Waals surface area (Å²) in [6.07, 6.45) is 3.40. The molecule has 31 heavy (non-hydrogen) atoms. The monoisotopic (exact) mass is 423 g/mol. The van der Waals surface area contributed by atoms with E-state index < -0.39 is 6.10 Å². The van der Waals surface area contributed by atoms with Gasteiger partial charge in [-0.1, -0.05) is 25.1 Å². The Hall–Kier alpha value is -2.70. The van der Waals surface area contributed by atoms with Crippen LogP contribution < -0.4 is 4.90 Å². The molecule has 0 saturated carbocycles. The molecule has 164 valence electrons. The zero-order valence-corrected chi connectivity index (χ0v) is 18.2. The number of aliphatic hydroxyl groups excluding tert-OH is 1. The minimum absolute atomic E-state index is 0.296. The second-order valence-corrected chi connectivity index (χ2v) is 8.33. The maximum absolute atomic E-state index is 14.9. The topological polar surface area (TPSA) is 52.7 Å². The number of nitrogens with zero attached hydrogens (tertiary/aromatic N) is 3. The summed E-state index contributed by atoms with van der Waals surface area (Å²) in [4.78, 5) is 8.56. The third-order valence-corrected chi connectivity index (χ3v) is 6.13. The summed E-state index contributed by atoms with van der Waals surface area (Å²) >= 11 is 0. The van der Waals surface area contributed by atoms with Gasteiger partial charge in [-0.3, -0.25) is 9.88 Å². The Kier molecular flexibility index (Phi) is 6.68. The van der Waals surface area contributed by atoms with Gasteiger partial charge in [0.05, 0.1) is 5.69 Å². The first-order chi connectivity index (χ1) is 15.0. The van der Waals surface area contributed by atoms with E-state index in [-0.39, 0.29) is 5.82 Å². The molecular formula is C25H30FN3O2. The zero-order chi connectivity index (χ0) is 21.8. The van der Waals surface area contributed by atoms with Gasteiger partial charge in [0.25, 0.3) is 0 Å². The van der Waals surface area contributed by atoms with Crippen LogP contribution in [0.4, 0.5) is 10.1 Å². The van der Waals surface area contributed by atoms with Crippen LogP contribution in [-0.2, 0) is 0 Å². The molecule has 1 fully saturated rings. The van der Waals surface area contributed by atoms with E-state index in [0.29, 0.717) is 22.7 Å². The van der Waals surface area contributed by atoms with Crippen LogP contribution in [0.25, 0.3) is 0 Å². The molecule has 2 atom stereocenters. The Morgan fingerprint density at radius 1 is 1.10 bits per heavy atom. The number of piperazine rings is 1. The molecule has 1 aliphatic rings. The van der Waals surface area contributed by atoms with Gasteiger partial charge in [-0.2, -0.15) is 0 Å². The van der Waals surface area contributed by atoms with E-state index in [0.717, 1.165) is 50.7 Å². The van der Waals surface area contributed by atoms with Crippen LogP contribution in [0, 0.1) is 12.7 Å². The van der Waals surface area contributed by atoms with Gasteiger partial charge in [0.2, 0.25) is 0 Å². The zero-order valence-electron chi connectivity index (χ0n) is 18.2. The Balaban J connectivity index is 1.40. The SMILES string of the molecule is Cc1ccc(C(C)CCN2CCN(c3c(F)cccc3C(O)c3cccnc3)CC2)o1. The smallest absolute Gasteiger partial charge is 0.146 e. The fourth-order valence-electron chi connectivity index (χ4n) is 4.24. The van der Waals surface area contributed by atoms with Crippen LogP contribution in [0.3, 0.4) is 0 Å². The molecule has 1 aliphatic heterocycles. The fraction of sp³-hybridized carbons (Fsp3) is 0.400. The average molecular weight is 424 g/mol. The molecule has 1 aromatic carbocycles. The van der Waals surface area contributed by atoms with Crippen molar-refractivity contribution in [2.45, 2.75) is 32.3 Å². The number of anilines is 1. The van der Waals surface area contributed by atoms with E-state index in [9.17, 15) is 9.50 Å². The molecule has 1 N–H and O–H groups in total. The summed E-state index contributed by atoms with van der Waals surface area (Å²) in [5, 5.41) is 10.9. The summed E-state index contributed by atoms with van der Waals surface area (Å²) in [7, 11) is 0. The number of aromatic nitrogens is 1. The second-order valence-electron chi connectivity index (χ2n) is 8.33. The number of aryl methyl sites for hydroxylation is 1. The number of benzene rings is 1. The van der Waals surface area contributed by atoms with Crippen LogP contribution in [-0.4, -0.2) is 47.7 Å². The van der Waals surface area contributed by atoms with Crippen molar-refractivity contribution in [3.63, 3.8) is 0 Å². The van der Waals surface area contributed by atoms with Crippen LogP contribution in [0.2, 0.25) is 0 Å². The highest BCUT2D eigenvalue weighted by molar-refractivity contribution is 5.58. The summed E-state index contributed by atoms with van der Waals surface area (Å²) < 4.78 is 20.6. The van der Waals surface area contributed by atoms with Gasteiger partial charge in [-0.05, 0) is 44.2 Å². The lowest BCUT2D eigenvalue weighted by atomic mass is 9.99. The Morgan fingerprint density at radius 3 is 2.58 bits per heavy atom. The molecule has 6 heteroatoms. The average Bonchev–Trinajstić information content (AvgIpc) is 3.24. The highest BCUT2D eigenvalue weighted by Gasteiger charge is 2.25. The normalized spacial score (nSPS) is 17.0. The van der Waals surface area contributed by atoms with E-state index in [2.05, 4.69) is 27.8 Å². The van der Waals surface area contributed by atoms with Gasteiger partial charge in [-0.25, -0.2) is 4.39 Å². The number of pyridine rings is 1. The number of halogens is 1. The van der Waals surface area contributed by atoms with Gasteiger partial charge in [0, 0.05) is 55.6 Å². The lowest BCUT2D eigenvalue weighted by molar-refractivity contribution is 0.218. The first-order valence-electron chi connectivity index (χ1n) is 10.9. The third-order valence-electron chi connectivity index (χ3n) is 6.13. The lowest BCUT2D eigenvalue weighted by Gasteiger charge is -2.37. The molecule has 0 spiro atoms. The summed E-state index contributed by atoms with van der Waals surface area (Å²) in [5.74, 6) is 2.07. The van der Waals surface area contributed by atoms with Crippen molar-refractivity contribution in [1.82, 2.24) is 9.88 Å². The highest BCUT2D eigenvalue weighted by atomic mass is 19.1. The van der Waals surface area contributed by atoms with E-state index in [1.165, 1.54) is 6.07 Å². The van der Waals surface area contributed by atoms with Gasteiger partial charge in [0.1, 0.15) is 23.4 Å². The minimum atomic E-state index is -0.907. The predicted molar refractivity (Wildman–Crippen MR) is 120 cm³/mol. The first-order valence-corrected chi connectivity index (χ1v) is 10.9. The van der Waals surface area contributed by atoms with Crippen molar-refractivity contribution in [2.75, 3.05) is 37.6 Å². The highest BCUT2D eigenvalue weighted by Crippen LogP contribution is 2.33. The number of aliphatic hydroxyl groups is 1. The molecule has 0 amide bonds. The summed E-state index contributed by atoms with van der Waals surface area (Å²) in [6.45, 7) is 8.32. The molecule has 0 radical (unpaired) electrons. The van der Waals surface area contributed by atoms with E-state index in [1.807, 2.05) is 19.1 Å². The Morgan fingerprint density at radius 2 is 1.90 bits per heavy atom. The maximum Gasteiger partial charge on any atom is 0.146 e. The van der Waals surface area contributed by atoms with E-state index in [1.54, 1.807) is 30.6 Å². The Labute approximate surface area is 183 Å². The molecule has 3 heterocycles. The predicted octanol–water partition coefficient (Wildman–Crippen LogP) is 4.52. The summed E-state index contributed by atoms with van der Waals surface area (Å²) in [6, 6.07) is 12.6. The quantitative estimate of drug-likeness (QED) is 0.606. The minimum Gasteiger partial charge on any atom is -0.466 e. The summed E-state index contributed by atoms with van der Waals surface area (Å²) in [5.41, 5.74) is 1.75. The van der Waals surface area contributed by atoms with E-state index >= 15 is 0 Å². The first kappa shape index (κ1) is 21.5. The number of hydrogen-bond donors (Lipinski definition) is 1. The Bertz CT molecular complexity index is 983. The van der Waals surface area contributed by atoms with E-state index in [4.69, 9.17) is 4.42 Å². The van der Waals surface area contributed by atoms with Crippen LogP contribution >= 0.6 is 0 Å². The molecule has 0 aliphatic carbocycles. The molecular weight excluding hydrogens is 393 g/mol. The van der Waals surface area contributed by atoms with Gasteiger partial charge >= 0.3 is 0 Å². The molecule has 2 aromatic heterocycles. The molecule has 2 unspecified atom stereocenters. The standard InChI is InChI=1S/C25H30FN3O2/c1-18(23-9-8-19(2)31-23)10-12-28-13-15-29(16-14-28)24-21(6-3-7-22(24)26)25(30)20-5-4-11-27-17-20/h3-9,11,17-18,25,30H,10,12-16H2,1-2H3. The van der Waals surface area contributed by atoms with Gasteiger partial charge in [0.15, 0.2) is 0 Å². The van der Waals surface area contributed by atoms with Crippen molar-refractivity contribution in [2.24, 2.45) is 0 Å². The van der Waals surface area contributed by atoms with Crippen molar-refractivity contribution in [3.8, 4) is 0 Å². The maximum atomic E-state index is 14.9. The van der Waals surface area contributed by atoms with Crippen molar-refractivity contribution in [1.29, 1.82) is 0 Å². The lowest BCUT2D eigenvalue weighted by Crippen LogP contribution is -2.47. The molecule has 5 nitrogen and oxygen atoms in total. The molecule has 0 bridgehead atoms. The van der Waals surface area contributed by atoms with Crippen molar-refractivity contribution >= 4 is 5.69 Å². The molecule has 4 rings (SSSR count). The third kappa shape index (κ3) is 4.97. The van der Waals surface area contributed by atoms with Crippen LogP contribution in [0.15, 0.2) is 59.3 Å². The van der Waals surface area contributed by atoms with Gasteiger partial charge < -0.3 is 14.4 Å². The van der Waals surface area contributed by atoms with Crippen molar-refractivity contribution < 1.29 is 13.9 Å².